The highest BCUT2D eigenvalue weighted by Crippen LogP contribution is 2.40. The molecule has 1 aromatic heterocycles. The summed E-state index contributed by atoms with van der Waals surface area (Å²) in [6.07, 6.45) is 5.91. The van der Waals surface area contributed by atoms with Gasteiger partial charge in [-0.1, -0.05) is 36.2 Å². The second-order valence-corrected chi connectivity index (χ2v) is 10.5. The van der Waals surface area contributed by atoms with Crippen molar-refractivity contribution in [1.29, 1.82) is 0 Å². The van der Waals surface area contributed by atoms with Gasteiger partial charge in [0.1, 0.15) is 18.5 Å². The summed E-state index contributed by atoms with van der Waals surface area (Å²) >= 11 is 12.7. The molecular formula is C28H33Cl2N5O4. The first-order chi connectivity index (χ1) is 19.0. The number of anilines is 1. The van der Waals surface area contributed by atoms with Gasteiger partial charge in [0.25, 0.3) is 0 Å². The Kier molecular flexibility index (Phi) is 8.82. The van der Waals surface area contributed by atoms with Gasteiger partial charge in [0, 0.05) is 61.4 Å². The van der Waals surface area contributed by atoms with Crippen LogP contribution in [-0.4, -0.2) is 72.5 Å². The monoisotopic (exact) mass is 573 g/mol. The van der Waals surface area contributed by atoms with Crippen molar-refractivity contribution in [2.75, 3.05) is 50.8 Å². The first-order valence-corrected chi connectivity index (χ1v) is 13.9. The number of aromatic nitrogens is 2. The van der Waals surface area contributed by atoms with Gasteiger partial charge in [-0.3, -0.25) is 0 Å². The molecule has 2 atom stereocenters. The fraction of sp³-hybridized carbons (Fsp3) is 0.429. The van der Waals surface area contributed by atoms with Crippen LogP contribution in [0.3, 0.4) is 0 Å². The van der Waals surface area contributed by atoms with Gasteiger partial charge in [0.15, 0.2) is 0 Å². The van der Waals surface area contributed by atoms with Crippen LogP contribution in [0.15, 0.2) is 61.2 Å². The summed E-state index contributed by atoms with van der Waals surface area (Å²) in [6.45, 7) is 6.79. The lowest BCUT2D eigenvalue weighted by molar-refractivity contribution is -0.189. The van der Waals surface area contributed by atoms with Crippen LogP contribution in [0, 0.1) is 0 Å². The maximum absolute atomic E-state index is 12.2. The molecule has 2 aliphatic rings. The maximum Gasteiger partial charge on any atom is 0.317 e. The minimum Gasteiger partial charge on any atom is -0.491 e. The molecule has 2 aliphatic heterocycles. The molecule has 208 valence electrons. The second-order valence-electron chi connectivity index (χ2n) is 9.67. The molecule has 3 aromatic rings. The molecule has 2 amide bonds. The number of nitrogens with zero attached hydrogens (tertiary/aromatic N) is 4. The summed E-state index contributed by atoms with van der Waals surface area (Å²) in [5.41, 5.74) is 1.81. The number of nitrogens with one attached hydrogen (secondary N) is 1. The summed E-state index contributed by atoms with van der Waals surface area (Å²) in [5.74, 6) is -0.341. The number of amides is 2. The third kappa shape index (κ3) is 6.61. The van der Waals surface area contributed by atoms with Gasteiger partial charge in [0.2, 0.25) is 5.79 Å². The Hall–Kier alpha value is -2.98. The van der Waals surface area contributed by atoms with Crippen molar-refractivity contribution in [2.24, 2.45) is 0 Å². The van der Waals surface area contributed by atoms with E-state index in [-0.39, 0.29) is 12.1 Å². The van der Waals surface area contributed by atoms with Gasteiger partial charge in [-0.2, -0.15) is 0 Å². The van der Waals surface area contributed by atoms with E-state index >= 15 is 0 Å². The van der Waals surface area contributed by atoms with Crippen LogP contribution in [0.5, 0.6) is 5.75 Å². The number of hydrogen-bond donors (Lipinski definition) is 1. The van der Waals surface area contributed by atoms with Crippen LogP contribution in [-0.2, 0) is 21.8 Å². The lowest BCUT2D eigenvalue weighted by atomic mass is 10.1. The molecule has 0 bridgehead atoms. The third-order valence-corrected chi connectivity index (χ3v) is 7.43. The Bertz CT molecular complexity index is 1240. The highest BCUT2D eigenvalue weighted by Gasteiger charge is 2.45. The molecule has 9 nitrogen and oxygen atoms in total. The van der Waals surface area contributed by atoms with E-state index in [1.807, 2.05) is 52.9 Å². The average Bonchev–Trinajstić information content (AvgIpc) is 3.61. The topological polar surface area (TPSA) is 81.1 Å². The number of rotatable bonds is 9. The maximum atomic E-state index is 12.2. The van der Waals surface area contributed by atoms with Crippen LogP contribution in [0.1, 0.15) is 18.9 Å². The van der Waals surface area contributed by atoms with E-state index in [1.54, 1.807) is 24.7 Å². The number of halogens is 2. The van der Waals surface area contributed by atoms with Gasteiger partial charge in [-0.25, -0.2) is 9.78 Å². The Morgan fingerprint density at radius 1 is 1.15 bits per heavy atom. The molecule has 0 radical (unpaired) electrons. The third-order valence-electron chi connectivity index (χ3n) is 6.88. The number of benzene rings is 2. The minimum absolute atomic E-state index is 0.0192. The van der Waals surface area contributed by atoms with Gasteiger partial charge >= 0.3 is 6.03 Å². The van der Waals surface area contributed by atoms with Crippen molar-refractivity contribution in [3.05, 3.63) is 76.8 Å². The molecule has 0 spiro atoms. The molecule has 2 saturated heterocycles. The average molecular weight is 575 g/mol. The molecule has 3 heterocycles. The van der Waals surface area contributed by atoms with Crippen LogP contribution in [0.2, 0.25) is 10.0 Å². The molecule has 0 aliphatic carbocycles. The van der Waals surface area contributed by atoms with Crippen molar-refractivity contribution in [2.45, 2.75) is 31.8 Å². The Morgan fingerprint density at radius 3 is 2.64 bits per heavy atom. The highest BCUT2D eigenvalue weighted by atomic mass is 35.5. The van der Waals surface area contributed by atoms with Crippen molar-refractivity contribution in [3.63, 3.8) is 0 Å². The minimum atomic E-state index is -1.09. The second kappa shape index (κ2) is 12.5. The van der Waals surface area contributed by atoms with Gasteiger partial charge in [-0.15, -0.1) is 0 Å². The summed E-state index contributed by atoms with van der Waals surface area (Å²) in [4.78, 5) is 20.5. The van der Waals surface area contributed by atoms with Crippen LogP contribution >= 0.6 is 23.2 Å². The molecule has 11 heteroatoms. The number of imidazole rings is 1. The molecule has 39 heavy (non-hydrogen) atoms. The van der Waals surface area contributed by atoms with E-state index < -0.39 is 5.79 Å². The van der Waals surface area contributed by atoms with Crippen LogP contribution in [0.25, 0.3) is 0 Å². The fourth-order valence-electron chi connectivity index (χ4n) is 4.83. The van der Waals surface area contributed by atoms with E-state index in [2.05, 4.69) is 15.2 Å². The van der Waals surface area contributed by atoms with Crippen molar-refractivity contribution < 1.29 is 19.0 Å². The van der Waals surface area contributed by atoms with Crippen molar-refractivity contribution >= 4 is 34.9 Å². The van der Waals surface area contributed by atoms with Crippen molar-refractivity contribution in [3.8, 4) is 5.75 Å². The summed E-state index contributed by atoms with van der Waals surface area (Å²) in [5, 5.41) is 3.97. The van der Waals surface area contributed by atoms with E-state index in [0.29, 0.717) is 55.0 Å². The van der Waals surface area contributed by atoms with Crippen LogP contribution in [0.4, 0.5) is 10.5 Å². The molecule has 1 N–H and O–H groups in total. The molecular weight excluding hydrogens is 541 g/mol. The summed E-state index contributed by atoms with van der Waals surface area (Å²) < 4.78 is 20.7. The quantitative estimate of drug-likeness (QED) is 0.397. The summed E-state index contributed by atoms with van der Waals surface area (Å²) in [6, 6.07) is 13.3. The van der Waals surface area contributed by atoms with Crippen LogP contribution < -0.4 is 15.0 Å². The highest BCUT2D eigenvalue weighted by molar-refractivity contribution is 6.35. The first-order valence-electron chi connectivity index (χ1n) is 13.2. The lowest BCUT2D eigenvalue weighted by Crippen LogP contribution is -2.52. The molecule has 0 saturated carbocycles. The lowest BCUT2D eigenvalue weighted by Gasteiger charge is -2.36. The normalized spacial score (nSPS) is 21.3. The number of urea groups is 1. The summed E-state index contributed by atoms with van der Waals surface area (Å²) in [7, 11) is 0. The van der Waals surface area contributed by atoms with E-state index in [4.69, 9.17) is 37.4 Å². The van der Waals surface area contributed by atoms with Gasteiger partial charge in [0.05, 0.1) is 24.5 Å². The van der Waals surface area contributed by atoms with E-state index in [1.165, 1.54) is 0 Å². The Morgan fingerprint density at radius 2 is 1.95 bits per heavy atom. The predicted molar refractivity (Wildman–Crippen MR) is 151 cm³/mol. The number of hydrogen-bond acceptors (Lipinski definition) is 6. The number of ether oxygens (including phenoxy) is 3. The Labute approximate surface area is 238 Å². The molecule has 2 fully saturated rings. The predicted octanol–water partition coefficient (Wildman–Crippen LogP) is 4.78. The zero-order chi connectivity index (χ0) is 27.2. The van der Waals surface area contributed by atoms with Gasteiger partial charge in [-0.05, 0) is 42.8 Å². The smallest absolute Gasteiger partial charge is 0.317 e. The van der Waals surface area contributed by atoms with E-state index in [9.17, 15) is 4.79 Å². The number of carbonyl (C=O) groups excluding carboxylic acids is 1. The zero-order valence-electron chi connectivity index (χ0n) is 21.9. The fourth-order valence-corrected chi connectivity index (χ4v) is 5.38. The number of piperazine rings is 1. The SMILES string of the molecule is CCCNC(=O)N1CCN(c2ccc(OCC3COC(Cn4ccnc4)(c4ccc(Cl)cc4Cl)O3)cc2)CC1. The molecule has 5 rings (SSSR count). The largest absolute Gasteiger partial charge is 0.491 e. The van der Waals surface area contributed by atoms with Crippen molar-refractivity contribution in [1.82, 2.24) is 19.8 Å². The molecule has 2 aromatic carbocycles. The Balaban J connectivity index is 1.17. The molecule has 2 unspecified atom stereocenters. The van der Waals surface area contributed by atoms with E-state index in [0.717, 1.165) is 30.9 Å². The standard InChI is InChI=1S/C28H33Cl2N5O4/c1-2-9-32-27(36)35-14-12-34(13-15-35)22-4-6-23(7-5-22)37-17-24-18-38-28(39-24,19-33-11-10-31-20-33)25-8-3-21(29)16-26(25)30/h3-8,10-11,16,20,24H,2,9,12-15,17-19H2,1H3,(H,32,36). The first kappa shape index (κ1) is 27.6. The zero-order valence-corrected chi connectivity index (χ0v) is 23.4. The van der Waals surface area contributed by atoms with Gasteiger partial charge < -0.3 is 33.9 Å². The number of carbonyl (C=O) groups is 1.